The van der Waals surface area contributed by atoms with Crippen LogP contribution in [0.1, 0.15) is 44.1 Å². The van der Waals surface area contributed by atoms with E-state index in [0.717, 1.165) is 23.0 Å². The second kappa shape index (κ2) is 7.47. The fourth-order valence-electron chi connectivity index (χ4n) is 3.97. The number of carbonyl (C=O) groups excluding carboxylic acids is 1. The van der Waals surface area contributed by atoms with Gasteiger partial charge in [0.25, 0.3) is 0 Å². The molecule has 2 fully saturated rings. The van der Waals surface area contributed by atoms with Crippen LogP contribution >= 0.6 is 11.6 Å². The Hall–Kier alpha value is -1.06. The van der Waals surface area contributed by atoms with Crippen LogP contribution < -0.4 is 5.32 Å². The fourth-order valence-corrected chi connectivity index (χ4v) is 4.09. The standard InChI is InChI=1S/C18H25ClN2O/c19-16-9-7-14(8-10-16)12-20-18(22)13-21-11-3-5-15-4-1-2-6-17(15)21/h7-10,15,17H,1-6,11-13H2,(H,20,22)/t15-,17-/m0/s1. The molecule has 0 bridgehead atoms. The van der Waals surface area contributed by atoms with Gasteiger partial charge in [-0.05, 0) is 55.8 Å². The Morgan fingerprint density at radius 3 is 2.68 bits per heavy atom. The van der Waals surface area contributed by atoms with Gasteiger partial charge in [-0.15, -0.1) is 0 Å². The number of halogens is 1. The summed E-state index contributed by atoms with van der Waals surface area (Å²) in [5.41, 5.74) is 1.09. The lowest BCUT2D eigenvalue weighted by Crippen LogP contribution is -2.50. The normalized spacial score (nSPS) is 25.5. The minimum atomic E-state index is 0.140. The number of hydrogen-bond donors (Lipinski definition) is 1. The molecule has 1 aromatic rings. The molecule has 2 atom stereocenters. The number of nitrogens with zero attached hydrogens (tertiary/aromatic N) is 1. The molecule has 1 N–H and O–H groups in total. The lowest BCUT2D eigenvalue weighted by molar-refractivity contribution is -0.124. The number of benzene rings is 1. The van der Waals surface area contributed by atoms with Crippen molar-refractivity contribution in [2.45, 2.75) is 51.1 Å². The number of carbonyl (C=O) groups is 1. The predicted octanol–water partition coefficient (Wildman–Crippen LogP) is 3.61. The number of fused-ring (bicyclic) bond motifs is 1. The average molecular weight is 321 g/mol. The molecular weight excluding hydrogens is 296 g/mol. The van der Waals surface area contributed by atoms with Crippen LogP contribution in [0.2, 0.25) is 5.02 Å². The highest BCUT2D eigenvalue weighted by atomic mass is 35.5. The smallest absolute Gasteiger partial charge is 0.234 e. The van der Waals surface area contributed by atoms with Crippen LogP contribution in [0, 0.1) is 5.92 Å². The molecule has 1 aliphatic carbocycles. The molecule has 1 heterocycles. The number of piperidine rings is 1. The average Bonchev–Trinajstić information content (AvgIpc) is 2.55. The molecule has 1 saturated carbocycles. The topological polar surface area (TPSA) is 32.3 Å². The Morgan fingerprint density at radius 2 is 1.86 bits per heavy atom. The van der Waals surface area contributed by atoms with Crippen LogP contribution in [-0.4, -0.2) is 29.9 Å². The van der Waals surface area contributed by atoms with Crippen molar-refractivity contribution in [2.24, 2.45) is 5.92 Å². The summed E-state index contributed by atoms with van der Waals surface area (Å²) in [5, 5.41) is 3.77. The van der Waals surface area contributed by atoms with Gasteiger partial charge < -0.3 is 5.32 Å². The highest BCUT2D eigenvalue weighted by Gasteiger charge is 2.33. The fraction of sp³-hybridized carbons (Fsp3) is 0.611. The first kappa shape index (κ1) is 15.8. The minimum Gasteiger partial charge on any atom is -0.351 e. The van der Waals surface area contributed by atoms with Gasteiger partial charge in [0.2, 0.25) is 5.91 Å². The summed E-state index contributed by atoms with van der Waals surface area (Å²) in [6.45, 7) is 2.21. The van der Waals surface area contributed by atoms with Gasteiger partial charge in [-0.2, -0.15) is 0 Å². The largest absolute Gasteiger partial charge is 0.351 e. The van der Waals surface area contributed by atoms with E-state index in [1.54, 1.807) is 0 Å². The molecule has 0 radical (unpaired) electrons. The summed E-state index contributed by atoms with van der Waals surface area (Å²) in [5.74, 6) is 0.965. The van der Waals surface area contributed by atoms with Crippen LogP contribution in [0.5, 0.6) is 0 Å². The van der Waals surface area contributed by atoms with Crippen molar-refractivity contribution in [2.75, 3.05) is 13.1 Å². The number of amides is 1. The first-order chi connectivity index (χ1) is 10.7. The van der Waals surface area contributed by atoms with Crippen molar-refractivity contribution in [3.05, 3.63) is 34.9 Å². The molecule has 1 aliphatic heterocycles. The molecule has 0 aromatic heterocycles. The first-order valence-electron chi connectivity index (χ1n) is 8.47. The molecule has 1 saturated heterocycles. The molecule has 0 spiro atoms. The zero-order valence-corrected chi connectivity index (χ0v) is 13.8. The second-order valence-corrected chi connectivity index (χ2v) is 7.06. The highest BCUT2D eigenvalue weighted by Crippen LogP contribution is 2.34. The van der Waals surface area contributed by atoms with E-state index in [1.807, 2.05) is 24.3 Å². The molecular formula is C18H25ClN2O. The third kappa shape index (κ3) is 4.02. The summed E-state index contributed by atoms with van der Waals surface area (Å²) in [6.07, 6.45) is 7.92. The molecule has 120 valence electrons. The SMILES string of the molecule is O=C(CN1CCC[C@@H]2CCCC[C@@H]21)NCc1ccc(Cl)cc1. The van der Waals surface area contributed by atoms with Crippen LogP contribution in [0.4, 0.5) is 0 Å². The molecule has 1 amide bonds. The Labute approximate surface area is 138 Å². The van der Waals surface area contributed by atoms with Gasteiger partial charge in [-0.25, -0.2) is 0 Å². The van der Waals surface area contributed by atoms with Crippen LogP contribution in [0.15, 0.2) is 24.3 Å². The second-order valence-electron chi connectivity index (χ2n) is 6.63. The summed E-state index contributed by atoms with van der Waals surface area (Å²) in [4.78, 5) is 14.7. The van der Waals surface area contributed by atoms with Crippen molar-refractivity contribution in [1.29, 1.82) is 0 Å². The van der Waals surface area contributed by atoms with E-state index < -0.39 is 0 Å². The Bertz CT molecular complexity index is 500. The Balaban J connectivity index is 1.49. The predicted molar refractivity (Wildman–Crippen MR) is 89.9 cm³/mol. The molecule has 3 rings (SSSR count). The van der Waals surface area contributed by atoms with Crippen molar-refractivity contribution in [1.82, 2.24) is 10.2 Å². The van der Waals surface area contributed by atoms with E-state index in [2.05, 4.69) is 10.2 Å². The third-order valence-corrected chi connectivity index (χ3v) is 5.36. The zero-order chi connectivity index (χ0) is 15.4. The maximum absolute atomic E-state index is 12.2. The van der Waals surface area contributed by atoms with E-state index in [-0.39, 0.29) is 5.91 Å². The van der Waals surface area contributed by atoms with Gasteiger partial charge in [-0.3, -0.25) is 9.69 Å². The van der Waals surface area contributed by atoms with Crippen LogP contribution in [-0.2, 0) is 11.3 Å². The minimum absolute atomic E-state index is 0.140. The third-order valence-electron chi connectivity index (χ3n) is 5.11. The van der Waals surface area contributed by atoms with E-state index in [0.29, 0.717) is 19.1 Å². The summed E-state index contributed by atoms with van der Waals surface area (Å²) >= 11 is 5.87. The molecule has 22 heavy (non-hydrogen) atoms. The first-order valence-corrected chi connectivity index (χ1v) is 8.85. The zero-order valence-electron chi connectivity index (χ0n) is 13.1. The molecule has 4 heteroatoms. The lowest BCUT2D eigenvalue weighted by atomic mass is 9.78. The quantitative estimate of drug-likeness (QED) is 0.919. The van der Waals surface area contributed by atoms with Gasteiger partial charge in [0.05, 0.1) is 6.54 Å². The molecule has 0 unspecified atom stereocenters. The monoisotopic (exact) mass is 320 g/mol. The van der Waals surface area contributed by atoms with Crippen molar-refractivity contribution >= 4 is 17.5 Å². The summed E-state index contributed by atoms with van der Waals surface area (Å²) in [7, 11) is 0. The Morgan fingerprint density at radius 1 is 1.14 bits per heavy atom. The summed E-state index contributed by atoms with van der Waals surface area (Å²) < 4.78 is 0. The van der Waals surface area contributed by atoms with Gasteiger partial charge in [-0.1, -0.05) is 36.6 Å². The van der Waals surface area contributed by atoms with E-state index in [9.17, 15) is 4.79 Å². The van der Waals surface area contributed by atoms with E-state index in [1.165, 1.54) is 38.5 Å². The van der Waals surface area contributed by atoms with Crippen molar-refractivity contribution < 1.29 is 4.79 Å². The van der Waals surface area contributed by atoms with E-state index in [4.69, 9.17) is 11.6 Å². The molecule has 2 aliphatic rings. The van der Waals surface area contributed by atoms with Gasteiger partial charge >= 0.3 is 0 Å². The molecule has 1 aromatic carbocycles. The van der Waals surface area contributed by atoms with Gasteiger partial charge in [0.15, 0.2) is 0 Å². The summed E-state index contributed by atoms with van der Waals surface area (Å²) in [6, 6.07) is 8.28. The highest BCUT2D eigenvalue weighted by molar-refractivity contribution is 6.30. The number of hydrogen-bond acceptors (Lipinski definition) is 2. The van der Waals surface area contributed by atoms with Gasteiger partial charge in [0, 0.05) is 17.6 Å². The van der Waals surface area contributed by atoms with Crippen molar-refractivity contribution in [3.8, 4) is 0 Å². The van der Waals surface area contributed by atoms with Crippen LogP contribution in [0.25, 0.3) is 0 Å². The van der Waals surface area contributed by atoms with E-state index >= 15 is 0 Å². The van der Waals surface area contributed by atoms with Crippen LogP contribution in [0.3, 0.4) is 0 Å². The molecule has 3 nitrogen and oxygen atoms in total. The maximum Gasteiger partial charge on any atom is 0.234 e. The number of likely N-dealkylation sites (tertiary alicyclic amines) is 1. The Kier molecular flexibility index (Phi) is 5.37. The lowest BCUT2D eigenvalue weighted by Gasteiger charge is -2.43. The number of nitrogens with one attached hydrogen (secondary N) is 1. The number of rotatable bonds is 4. The van der Waals surface area contributed by atoms with Gasteiger partial charge in [0.1, 0.15) is 0 Å². The maximum atomic E-state index is 12.2. The van der Waals surface area contributed by atoms with Crippen molar-refractivity contribution in [3.63, 3.8) is 0 Å².